The van der Waals surface area contributed by atoms with Gasteiger partial charge in [-0.2, -0.15) is 0 Å². The van der Waals surface area contributed by atoms with Crippen LogP contribution in [0.1, 0.15) is 24.2 Å². The fourth-order valence-corrected chi connectivity index (χ4v) is 2.46. The highest BCUT2D eigenvalue weighted by molar-refractivity contribution is 7.89. The van der Waals surface area contributed by atoms with Gasteiger partial charge in [0.2, 0.25) is 10.0 Å². The lowest BCUT2D eigenvalue weighted by molar-refractivity contribution is 0.0521. The molecule has 0 fully saturated rings. The van der Waals surface area contributed by atoms with Gasteiger partial charge < -0.3 is 9.47 Å². The standard InChI is InChI=1S/C13H19NO5S/c1-5-18-12-8-7-10(20(16,17)14(3)4)9-11(12)13(15)19-6-2/h7-9H,5-6H2,1-4H3. The number of carbonyl (C=O) groups excluding carboxylic acids is 1. The molecule has 0 saturated carbocycles. The summed E-state index contributed by atoms with van der Waals surface area (Å²) in [6.45, 7) is 4.03. The van der Waals surface area contributed by atoms with E-state index in [1.54, 1.807) is 13.8 Å². The Kier molecular flexibility index (Phi) is 5.52. The number of hydrogen-bond donors (Lipinski definition) is 0. The van der Waals surface area contributed by atoms with Crippen molar-refractivity contribution in [1.82, 2.24) is 4.31 Å². The molecule has 0 atom stereocenters. The lowest BCUT2D eigenvalue weighted by atomic mass is 10.2. The van der Waals surface area contributed by atoms with Gasteiger partial charge in [0.25, 0.3) is 0 Å². The summed E-state index contributed by atoms with van der Waals surface area (Å²) in [5.74, 6) is -0.296. The molecule has 0 heterocycles. The molecule has 0 spiro atoms. The molecule has 112 valence electrons. The van der Waals surface area contributed by atoms with Crippen molar-refractivity contribution in [3.63, 3.8) is 0 Å². The van der Waals surface area contributed by atoms with Gasteiger partial charge >= 0.3 is 5.97 Å². The Morgan fingerprint density at radius 3 is 2.35 bits per heavy atom. The normalized spacial score (nSPS) is 11.4. The zero-order chi connectivity index (χ0) is 15.3. The van der Waals surface area contributed by atoms with Gasteiger partial charge in [-0.15, -0.1) is 0 Å². The molecular formula is C13H19NO5S. The van der Waals surface area contributed by atoms with Gasteiger partial charge in [-0.1, -0.05) is 0 Å². The summed E-state index contributed by atoms with van der Waals surface area (Å²) in [4.78, 5) is 11.9. The smallest absolute Gasteiger partial charge is 0.341 e. The van der Waals surface area contributed by atoms with Crippen molar-refractivity contribution >= 4 is 16.0 Å². The maximum absolute atomic E-state index is 12.1. The Bertz CT molecular complexity index is 580. The molecule has 0 amide bonds. The monoisotopic (exact) mass is 301 g/mol. The van der Waals surface area contributed by atoms with Gasteiger partial charge in [0.05, 0.1) is 18.1 Å². The number of esters is 1. The van der Waals surface area contributed by atoms with E-state index in [9.17, 15) is 13.2 Å². The van der Waals surface area contributed by atoms with Crippen LogP contribution in [0, 0.1) is 0 Å². The molecule has 1 rings (SSSR count). The Balaban J connectivity index is 3.34. The van der Waals surface area contributed by atoms with Crippen molar-refractivity contribution in [2.24, 2.45) is 0 Å². The maximum Gasteiger partial charge on any atom is 0.341 e. The van der Waals surface area contributed by atoms with E-state index in [1.807, 2.05) is 0 Å². The maximum atomic E-state index is 12.1. The van der Waals surface area contributed by atoms with E-state index in [0.717, 1.165) is 4.31 Å². The molecule has 1 aromatic carbocycles. The average Bonchev–Trinajstić information content (AvgIpc) is 2.39. The minimum absolute atomic E-state index is 0.0222. The zero-order valence-corrected chi connectivity index (χ0v) is 12.9. The molecule has 0 radical (unpaired) electrons. The van der Waals surface area contributed by atoms with Crippen LogP contribution in [0.25, 0.3) is 0 Å². The van der Waals surface area contributed by atoms with Gasteiger partial charge in [-0.25, -0.2) is 17.5 Å². The molecular weight excluding hydrogens is 282 g/mol. The summed E-state index contributed by atoms with van der Waals surface area (Å²) in [6.07, 6.45) is 0. The largest absolute Gasteiger partial charge is 0.493 e. The highest BCUT2D eigenvalue weighted by Crippen LogP contribution is 2.25. The Labute approximate surface area is 119 Å². The highest BCUT2D eigenvalue weighted by atomic mass is 32.2. The van der Waals surface area contributed by atoms with Crippen LogP contribution in [0.3, 0.4) is 0 Å². The van der Waals surface area contributed by atoms with Crippen LogP contribution in [0.4, 0.5) is 0 Å². The SMILES string of the molecule is CCOC(=O)c1cc(S(=O)(=O)N(C)C)ccc1OCC. The molecule has 0 aromatic heterocycles. The minimum atomic E-state index is -3.61. The van der Waals surface area contributed by atoms with Crippen molar-refractivity contribution in [1.29, 1.82) is 0 Å². The molecule has 6 nitrogen and oxygen atoms in total. The number of benzene rings is 1. The summed E-state index contributed by atoms with van der Waals surface area (Å²) in [5, 5.41) is 0. The van der Waals surface area contributed by atoms with Crippen LogP contribution >= 0.6 is 0 Å². The van der Waals surface area contributed by atoms with E-state index in [2.05, 4.69) is 0 Å². The first-order chi connectivity index (χ1) is 9.34. The van der Waals surface area contributed by atoms with Gasteiger partial charge in [-0.3, -0.25) is 0 Å². The first-order valence-electron chi connectivity index (χ1n) is 6.21. The number of rotatable bonds is 6. The third kappa shape index (κ3) is 3.49. The highest BCUT2D eigenvalue weighted by Gasteiger charge is 2.22. The molecule has 0 aliphatic carbocycles. The number of nitrogens with zero attached hydrogens (tertiary/aromatic N) is 1. The number of carbonyl (C=O) groups is 1. The first kappa shape index (κ1) is 16.5. The molecule has 20 heavy (non-hydrogen) atoms. The summed E-state index contributed by atoms with van der Waals surface area (Å²) in [6, 6.07) is 4.15. The van der Waals surface area contributed by atoms with Crippen molar-refractivity contribution in [2.75, 3.05) is 27.3 Å². The average molecular weight is 301 g/mol. The molecule has 0 N–H and O–H groups in total. The topological polar surface area (TPSA) is 72.9 Å². The quantitative estimate of drug-likeness (QED) is 0.745. The third-order valence-corrected chi connectivity index (χ3v) is 4.34. The molecule has 0 saturated heterocycles. The van der Waals surface area contributed by atoms with Crippen molar-refractivity contribution in [3.05, 3.63) is 23.8 Å². The number of ether oxygens (including phenoxy) is 2. The second-order valence-electron chi connectivity index (χ2n) is 4.10. The summed E-state index contributed by atoms with van der Waals surface area (Å²) in [5.41, 5.74) is 0.108. The van der Waals surface area contributed by atoms with E-state index >= 15 is 0 Å². The Morgan fingerprint density at radius 1 is 1.20 bits per heavy atom. The van der Waals surface area contributed by atoms with Crippen molar-refractivity contribution in [2.45, 2.75) is 18.7 Å². The fraction of sp³-hybridized carbons (Fsp3) is 0.462. The Hall–Kier alpha value is -1.60. The summed E-state index contributed by atoms with van der Waals surface area (Å²) >= 11 is 0. The zero-order valence-electron chi connectivity index (χ0n) is 12.0. The van der Waals surface area contributed by atoms with Crippen LogP contribution in [0.15, 0.2) is 23.1 Å². The van der Waals surface area contributed by atoms with E-state index in [0.29, 0.717) is 12.4 Å². The fourth-order valence-electron chi connectivity index (χ4n) is 1.53. The second kappa shape index (κ2) is 6.71. The molecule has 0 unspecified atom stereocenters. The number of hydrogen-bond acceptors (Lipinski definition) is 5. The minimum Gasteiger partial charge on any atom is -0.493 e. The molecule has 1 aromatic rings. The van der Waals surface area contributed by atoms with Crippen molar-refractivity contribution in [3.8, 4) is 5.75 Å². The molecule has 0 aliphatic rings. The van der Waals surface area contributed by atoms with Crippen LogP contribution < -0.4 is 4.74 Å². The summed E-state index contributed by atoms with van der Waals surface area (Å²) in [7, 11) is -0.757. The summed E-state index contributed by atoms with van der Waals surface area (Å²) < 4.78 is 35.5. The van der Waals surface area contributed by atoms with E-state index < -0.39 is 16.0 Å². The van der Waals surface area contributed by atoms with Gasteiger partial charge in [0.15, 0.2) is 0 Å². The molecule has 7 heteroatoms. The van der Waals surface area contributed by atoms with Crippen LogP contribution in [-0.2, 0) is 14.8 Å². The molecule has 0 aliphatic heterocycles. The lowest BCUT2D eigenvalue weighted by Crippen LogP contribution is -2.22. The number of sulfonamides is 1. The van der Waals surface area contributed by atoms with Crippen molar-refractivity contribution < 1.29 is 22.7 Å². The lowest BCUT2D eigenvalue weighted by Gasteiger charge is -2.14. The van der Waals surface area contributed by atoms with Crippen LogP contribution in [-0.4, -0.2) is 46.0 Å². The van der Waals surface area contributed by atoms with Gasteiger partial charge in [0.1, 0.15) is 11.3 Å². The first-order valence-corrected chi connectivity index (χ1v) is 7.65. The predicted molar refractivity (Wildman–Crippen MR) is 74.4 cm³/mol. The Morgan fingerprint density at radius 2 is 1.85 bits per heavy atom. The van der Waals surface area contributed by atoms with Gasteiger partial charge in [-0.05, 0) is 32.0 Å². The van der Waals surface area contributed by atoms with E-state index in [-0.39, 0.29) is 17.1 Å². The van der Waals surface area contributed by atoms with Gasteiger partial charge in [0, 0.05) is 14.1 Å². The molecule has 0 bridgehead atoms. The van der Waals surface area contributed by atoms with E-state index in [4.69, 9.17) is 9.47 Å². The second-order valence-corrected chi connectivity index (χ2v) is 6.25. The van der Waals surface area contributed by atoms with Crippen LogP contribution in [0.2, 0.25) is 0 Å². The van der Waals surface area contributed by atoms with E-state index in [1.165, 1.54) is 32.3 Å². The third-order valence-electron chi connectivity index (χ3n) is 2.52. The predicted octanol–water partition coefficient (Wildman–Crippen LogP) is 1.51. The van der Waals surface area contributed by atoms with Crippen LogP contribution in [0.5, 0.6) is 5.75 Å².